The Hall–Kier alpha value is -2.69. The molecule has 6 nitrogen and oxygen atoms in total. The largest absolute Gasteiger partial charge is 0.339 e. The summed E-state index contributed by atoms with van der Waals surface area (Å²) in [6.45, 7) is 1.34. The fourth-order valence-electron chi connectivity index (χ4n) is 3.79. The molecule has 2 aliphatic rings. The summed E-state index contributed by atoms with van der Waals surface area (Å²) in [6.07, 6.45) is 1.69. The van der Waals surface area contributed by atoms with Gasteiger partial charge in [0.1, 0.15) is 0 Å². The topological polar surface area (TPSA) is 81.5 Å². The van der Waals surface area contributed by atoms with E-state index in [4.69, 9.17) is 5.26 Å². The van der Waals surface area contributed by atoms with E-state index < -0.39 is 15.4 Å². The average Bonchev–Trinajstić information content (AvgIpc) is 3.56. The fourth-order valence-corrected chi connectivity index (χ4v) is 5.22. The minimum absolute atomic E-state index is 0.106. The van der Waals surface area contributed by atoms with Gasteiger partial charge in [0.25, 0.3) is 0 Å². The zero-order chi connectivity index (χ0) is 19.8. The molecule has 28 heavy (non-hydrogen) atoms. The molecular formula is C21H21N3O3S. The monoisotopic (exact) mass is 395 g/mol. The summed E-state index contributed by atoms with van der Waals surface area (Å²) in [7, 11) is -3.62. The third kappa shape index (κ3) is 3.19. The first-order chi connectivity index (χ1) is 13.5. The molecule has 0 unspecified atom stereocenters. The Morgan fingerprint density at radius 3 is 2.07 bits per heavy atom. The van der Waals surface area contributed by atoms with E-state index >= 15 is 0 Å². The van der Waals surface area contributed by atoms with Gasteiger partial charge in [-0.2, -0.15) is 9.57 Å². The lowest BCUT2D eigenvalue weighted by Gasteiger charge is -2.36. The molecule has 4 rings (SSSR count). The van der Waals surface area contributed by atoms with E-state index in [1.165, 1.54) is 28.6 Å². The lowest BCUT2D eigenvalue weighted by molar-refractivity contribution is -0.135. The second-order valence-electron chi connectivity index (χ2n) is 7.28. The number of rotatable bonds is 4. The lowest BCUT2D eigenvalue weighted by Crippen LogP contribution is -2.52. The van der Waals surface area contributed by atoms with Crippen molar-refractivity contribution in [3.63, 3.8) is 0 Å². The smallest absolute Gasteiger partial charge is 0.243 e. The van der Waals surface area contributed by atoms with E-state index in [0.717, 1.165) is 18.4 Å². The molecule has 1 aliphatic heterocycles. The van der Waals surface area contributed by atoms with Gasteiger partial charge in [0, 0.05) is 26.2 Å². The van der Waals surface area contributed by atoms with Crippen molar-refractivity contribution in [2.24, 2.45) is 0 Å². The molecule has 144 valence electrons. The van der Waals surface area contributed by atoms with Crippen LogP contribution in [0, 0.1) is 11.3 Å². The predicted molar refractivity (Wildman–Crippen MR) is 104 cm³/mol. The number of sulfonamides is 1. The minimum atomic E-state index is -3.62. The van der Waals surface area contributed by atoms with Gasteiger partial charge < -0.3 is 4.90 Å². The predicted octanol–water partition coefficient (Wildman–Crippen LogP) is 2.12. The third-order valence-corrected chi connectivity index (χ3v) is 7.55. The fraction of sp³-hybridized carbons (Fsp3) is 0.333. The second kappa shape index (κ2) is 7.04. The summed E-state index contributed by atoms with van der Waals surface area (Å²) in [5.74, 6) is 0.106. The Labute approximate surface area is 165 Å². The van der Waals surface area contributed by atoms with Gasteiger partial charge in [-0.15, -0.1) is 0 Å². The molecule has 1 amide bonds. The number of hydrogen-bond acceptors (Lipinski definition) is 4. The number of amides is 1. The van der Waals surface area contributed by atoms with Gasteiger partial charge in [-0.05, 0) is 42.7 Å². The molecular weight excluding hydrogens is 374 g/mol. The van der Waals surface area contributed by atoms with Crippen LogP contribution in [0.3, 0.4) is 0 Å². The lowest BCUT2D eigenvalue weighted by atomic mass is 9.94. The highest BCUT2D eigenvalue weighted by molar-refractivity contribution is 7.89. The van der Waals surface area contributed by atoms with Gasteiger partial charge in [0.05, 0.1) is 21.9 Å². The van der Waals surface area contributed by atoms with Crippen molar-refractivity contribution in [3.05, 3.63) is 65.7 Å². The van der Waals surface area contributed by atoms with Crippen LogP contribution in [-0.2, 0) is 20.2 Å². The third-order valence-electron chi connectivity index (χ3n) is 5.63. The number of piperazine rings is 1. The molecule has 2 aromatic carbocycles. The molecule has 0 spiro atoms. The minimum Gasteiger partial charge on any atom is -0.339 e. The molecule has 1 heterocycles. The van der Waals surface area contributed by atoms with Gasteiger partial charge >= 0.3 is 0 Å². The number of hydrogen-bond donors (Lipinski definition) is 0. The van der Waals surface area contributed by atoms with Crippen molar-refractivity contribution >= 4 is 15.9 Å². The number of nitrogens with zero attached hydrogens (tertiary/aromatic N) is 3. The Morgan fingerprint density at radius 1 is 0.929 bits per heavy atom. The quantitative estimate of drug-likeness (QED) is 0.794. The van der Waals surface area contributed by atoms with Gasteiger partial charge in [0.15, 0.2) is 0 Å². The van der Waals surface area contributed by atoms with Crippen LogP contribution in [0.15, 0.2) is 59.5 Å². The molecule has 0 bridgehead atoms. The SMILES string of the molecule is N#Cc1ccc(S(=O)(=O)N2CCN(C(=O)C3(c4ccccc4)CC3)CC2)cc1. The van der Waals surface area contributed by atoms with Crippen molar-refractivity contribution in [2.75, 3.05) is 26.2 Å². The molecule has 2 aromatic rings. The average molecular weight is 395 g/mol. The van der Waals surface area contributed by atoms with Crippen LogP contribution < -0.4 is 0 Å². The van der Waals surface area contributed by atoms with E-state index in [1.807, 2.05) is 36.4 Å². The Balaban J connectivity index is 1.44. The van der Waals surface area contributed by atoms with Gasteiger partial charge in [0.2, 0.25) is 15.9 Å². The molecule has 1 saturated heterocycles. The Kier molecular flexibility index (Phi) is 4.69. The van der Waals surface area contributed by atoms with Crippen molar-refractivity contribution in [1.82, 2.24) is 9.21 Å². The maximum absolute atomic E-state index is 13.1. The highest BCUT2D eigenvalue weighted by Crippen LogP contribution is 2.49. The molecule has 0 atom stereocenters. The van der Waals surface area contributed by atoms with Crippen LogP contribution in [-0.4, -0.2) is 49.7 Å². The summed E-state index contributed by atoms with van der Waals surface area (Å²) >= 11 is 0. The molecule has 1 saturated carbocycles. The number of benzene rings is 2. The van der Waals surface area contributed by atoms with E-state index in [-0.39, 0.29) is 23.9 Å². The summed E-state index contributed by atoms with van der Waals surface area (Å²) < 4.78 is 27.1. The summed E-state index contributed by atoms with van der Waals surface area (Å²) in [6, 6.07) is 17.7. The van der Waals surface area contributed by atoms with E-state index in [2.05, 4.69) is 0 Å². The molecule has 0 aromatic heterocycles. The van der Waals surface area contributed by atoms with Crippen molar-refractivity contribution in [3.8, 4) is 6.07 Å². The number of carbonyl (C=O) groups is 1. The maximum Gasteiger partial charge on any atom is 0.243 e. The highest BCUT2D eigenvalue weighted by atomic mass is 32.2. The van der Waals surface area contributed by atoms with E-state index in [9.17, 15) is 13.2 Å². The van der Waals surface area contributed by atoms with E-state index in [1.54, 1.807) is 4.90 Å². The summed E-state index contributed by atoms with van der Waals surface area (Å²) in [4.78, 5) is 15.1. The Bertz CT molecular complexity index is 1010. The number of carbonyl (C=O) groups excluding carboxylic acids is 1. The van der Waals surface area contributed by atoms with Crippen LogP contribution in [0.1, 0.15) is 24.0 Å². The van der Waals surface area contributed by atoms with Crippen LogP contribution in [0.25, 0.3) is 0 Å². The van der Waals surface area contributed by atoms with Crippen LogP contribution in [0.5, 0.6) is 0 Å². The zero-order valence-electron chi connectivity index (χ0n) is 15.4. The molecule has 7 heteroatoms. The summed E-state index contributed by atoms with van der Waals surface area (Å²) in [5, 5.41) is 8.87. The first-order valence-electron chi connectivity index (χ1n) is 9.33. The van der Waals surface area contributed by atoms with Gasteiger partial charge in [-0.1, -0.05) is 30.3 Å². The molecule has 0 N–H and O–H groups in total. The van der Waals surface area contributed by atoms with Crippen LogP contribution in [0.4, 0.5) is 0 Å². The van der Waals surface area contributed by atoms with Gasteiger partial charge in [-0.3, -0.25) is 4.79 Å². The van der Waals surface area contributed by atoms with Crippen molar-refractivity contribution in [2.45, 2.75) is 23.2 Å². The highest BCUT2D eigenvalue weighted by Gasteiger charge is 2.53. The second-order valence-corrected chi connectivity index (χ2v) is 9.22. The molecule has 1 aliphatic carbocycles. The normalized spacial score (nSPS) is 19.0. The number of nitriles is 1. The zero-order valence-corrected chi connectivity index (χ0v) is 16.2. The Morgan fingerprint density at radius 2 is 1.54 bits per heavy atom. The maximum atomic E-state index is 13.1. The van der Waals surface area contributed by atoms with Crippen LogP contribution in [0.2, 0.25) is 0 Å². The summed E-state index contributed by atoms with van der Waals surface area (Å²) in [5.41, 5.74) is 1.05. The molecule has 0 radical (unpaired) electrons. The first-order valence-corrected chi connectivity index (χ1v) is 10.8. The van der Waals surface area contributed by atoms with Gasteiger partial charge in [-0.25, -0.2) is 8.42 Å². The standard InChI is InChI=1S/C21H21N3O3S/c22-16-17-6-8-19(9-7-17)28(26,27)24-14-12-23(13-15-24)20(25)21(10-11-21)18-4-2-1-3-5-18/h1-9H,10-15H2. The van der Waals surface area contributed by atoms with Crippen LogP contribution >= 0.6 is 0 Å². The molecule has 2 fully saturated rings. The van der Waals surface area contributed by atoms with E-state index in [0.29, 0.717) is 18.7 Å². The van der Waals surface area contributed by atoms with Crippen molar-refractivity contribution < 1.29 is 13.2 Å². The van der Waals surface area contributed by atoms with Crippen molar-refractivity contribution in [1.29, 1.82) is 5.26 Å². The first kappa shape index (κ1) is 18.7.